The van der Waals surface area contributed by atoms with Crippen LogP contribution in [0.25, 0.3) is 22.5 Å². The van der Waals surface area contributed by atoms with E-state index >= 15 is 0 Å². The molecular weight excluding hydrogens is 382 g/mol. The minimum absolute atomic E-state index is 0.00602. The normalized spacial score (nSPS) is 15.0. The molecule has 29 heavy (non-hydrogen) atoms. The largest absolute Gasteiger partial charge is 0.507 e. The van der Waals surface area contributed by atoms with Crippen molar-refractivity contribution in [2.24, 2.45) is 0 Å². The number of carbonyl (C=O) groups excluding carboxylic acids is 2. The zero-order valence-electron chi connectivity index (χ0n) is 15.4. The van der Waals surface area contributed by atoms with Crippen LogP contribution in [0.2, 0.25) is 0 Å². The van der Waals surface area contributed by atoms with Gasteiger partial charge in [-0.1, -0.05) is 0 Å². The molecule has 0 unspecified atom stereocenters. The van der Waals surface area contributed by atoms with E-state index in [2.05, 4.69) is 4.74 Å². The smallest absolute Gasteiger partial charge is 0.419 e. The second-order valence-electron chi connectivity index (χ2n) is 6.35. The zero-order chi connectivity index (χ0) is 20.7. The minimum atomic E-state index is -0.822. The fourth-order valence-corrected chi connectivity index (χ4v) is 2.86. The summed E-state index contributed by atoms with van der Waals surface area (Å²) in [5, 5.41) is 12.8. The van der Waals surface area contributed by atoms with Gasteiger partial charge in [-0.25, -0.2) is 9.59 Å². The van der Waals surface area contributed by atoms with E-state index < -0.39 is 17.6 Å². The highest BCUT2D eigenvalue weighted by Crippen LogP contribution is 2.34. The molecule has 1 fully saturated rings. The maximum absolute atomic E-state index is 11.9. The molecule has 3 heterocycles. The number of fused-ring (bicyclic) bond motifs is 1. The van der Waals surface area contributed by atoms with Crippen molar-refractivity contribution in [3.63, 3.8) is 0 Å². The Bertz CT molecular complexity index is 1250. The third-order valence-corrected chi connectivity index (χ3v) is 4.42. The summed E-state index contributed by atoms with van der Waals surface area (Å²) < 4.78 is 21.2. The highest BCUT2D eigenvalue weighted by atomic mass is 16.6. The van der Waals surface area contributed by atoms with E-state index in [0.29, 0.717) is 28.0 Å². The van der Waals surface area contributed by atoms with Crippen LogP contribution in [-0.4, -0.2) is 23.7 Å². The molecule has 1 saturated heterocycles. The second kappa shape index (κ2) is 6.86. The summed E-state index contributed by atoms with van der Waals surface area (Å²) in [4.78, 5) is 34.2. The van der Waals surface area contributed by atoms with Crippen LogP contribution < -0.4 is 15.7 Å². The number of nitrogens with one attached hydrogen (secondary N) is 1. The second-order valence-corrected chi connectivity index (χ2v) is 6.35. The standard InChI is InChI=1S/C20H15NO8/c1-9-16(22)10(2)19(24)29-17(9)15-8-11-7-12(3-4-13(11)27-15)26-6-5-14-18(23)21-20(25)28-14/h3-5,7-8,22H,6H2,1-2H3,(H,21,23,25)/b14-5+. The molecule has 0 atom stereocenters. The number of carbonyl (C=O) groups is 2. The minimum Gasteiger partial charge on any atom is -0.507 e. The van der Waals surface area contributed by atoms with Gasteiger partial charge in [0.2, 0.25) is 0 Å². The SMILES string of the molecule is Cc1c(-c2cc3cc(OC/C=C4/OC(=O)NC4=O)ccc3o2)oc(=O)c(C)c1O. The lowest BCUT2D eigenvalue weighted by atomic mass is 10.1. The lowest BCUT2D eigenvalue weighted by Crippen LogP contribution is -2.18. The Balaban J connectivity index is 1.59. The van der Waals surface area contributed by atoms with Crippen molar-refractivity contribution >= 4 is 23.0 Å². The van der Waals surface area contributed by atoms with Gasteiger partial charge in [-0.15, -0.1) is 0 Å². The topological polar surface area (TPSA) is 128 Å². The maximum Gasteiger partial charge on any atom is 0.419 e. The molecule has 1 aliphatic rings. The molecule has 2 aromatic heterocycles. The van der Waals surface area contributed by atoms with Crippen LogP contribution in [0.1, 0.15) is 11.1 Å². The van der Waals surface area contributed by atoms with Crippen LogP contribution in [0.4, 0.5) is 4.79 Å². The lowest BCUT2D eigenvalue weighted by molar-refractivity contribution is -0.116. The average molecular weight is 397 g/mol. The number of furan rings is 1. The van der Waals surface area contributed by atoms with Gasteiger partial charge in [0, 0.05) is 17.0 Å². The summed E-state index contributed by atoms with van der Waals surface area (Å²) in [6.45, 7) is 3.11. The molecular formula is C20H15NO8. The van der Waals surface area contributed by atoms with E-state index in [0.717, 1.165) is 0 Å². The Morgan fingerprint density at radius 1 is 1.10 bits per heavy atom. The van der Waals surface area contributed by atoms with E-state index in [1.54, 1.807) is 31.2 Å². The third-order valence-electron chi connectivity index (χ3n) is 4.42. The first-order chi connectivity index (χ1) is 13.8. The first-order valence-electron chi connectivity index (χ1n) is 8.57. The number of imide groups is 1. The first-order valence-corrected chi connectivity index (χ1v) is 8.57. The molecule has 9 heteroatoms. The Morgan fingerprint density at radius 3 is 2.62 bits per heavy atom. The number of hydrogen-bond donors (Lipinski definition) is 2. The molecule has 1 aliphatic heterocycles. The van der Waals surface area contributed by atoms with Crippen molar-refractivity contribution in [1.82, 2.24) is 5.32 Å². The summed E-state index contributed by atoms with van der Waals surface area (Å²) >= 11 is 0. The monoisotopic (exact) mass is 397 g/mol. The molecule has 148 valence electrons. The molecule has 4 rings (SSSR count). The van der Waals surface area contributed by atoms with Gasteiger partial charge in [-0.3, -0.25) is 10.1 Å². The highest BCUT2D eigenvalue weighted by molar-refractivity contribution is 6.07. The van der Waals surface area contributed by atoms with Gasteiger partial charge in [0.25, 0.3) is 5.91 Å². The van der Waals surface area contributed by atoms with Crippen LogP contribution >= 0.6 is 0 Å². The Hall–Kier alpha value is -4.01. The quantitative estimate of drug-likeness (QED) is 0.643. The first kappa shape index (κ1) is 18.4. The van der Waals surface area contributed by atoms with Gasteiger partial charge in [0.1, 0.15) is 23.7 Å². The van der Waals surface area contributed by atoms with E-state index in [-0.39, 0.29) is 29.4 Å². The van der Waals surface area contributed by atoms with Gasteiger partial charge in [-0.2, -0.15) is 0 Å². The van der Waals surface area contributed by atoms with Gasteiger partial charge in [-0.05, 0) is 38.1 Å². The van der Waals surface area contributed by atoms with E-state index in [4.69, 9.17) is 13.6 Å². The fourth-order valence-electron chi connectivity index (χ4n) is 2.86. The summed E-state index contributed by atoms with van der Waals surface area (Å²) in [5.74, 6) is 0.0501. The zero-order valence-corrected chi connectivity index (χ0v) is 15.4. The van der Waals surface area contributed by atoms with Crippen molar-refractivity contribution in [2.45, 2.75) is 13.8 Å². The molecule has 2 amide bonds. The van der Waals surface area contributed by atoms with Gasteiger partial charge in [0.05, 0.1) is 5.56 Å². The maximum atomic E-state index is 11.9. The summed E-state index contributed by atoms with van der Waals surface area (Å²) in [7, 11) is 0. The van der Waals surface area contributed by atoms with Crippen molar-refractivity contribution in [1.29, 1.82) is 0 Å². The lowest BCUT2D eigenvalue weighted by Gasteiger charge is -2.05. The molecule has 9 nitrogen and oxygen atoms in total. The van der Waals surface area contributed by atoms with Crippen molar-refractivity contribution in [2.75, 3.05) is 6.61 Å². The number of alkyl carbamates (subject to hydrolysis) is 1. The van der Waals surface area contributed by atoms with E-state index in [1.807, 2.05) is 5.32 Å². The number of cyclic esters (lactones) is 1. The molecule has 3 aromatic rings. The van der Waals surface area contributed by atoms with E-state index in [9.17, 15) is 19.5 Å². The van der Waals surface area contributed by atoms with Crippen LogP contribution in [0.3, 0.4) is 0 Å². The molecule has 0 aliphatic carbocycles. The van der Waals surface area contributed by atoms with E-state index in [1.165, 1.54) is 13.0 Å². The molecule has 0 saturated carbocycles. The van der Waals surface area contributed by atoms with Gasteiger partial charge in [0.15, 0.2) is 17.3 Å². The highest BCUT2D eigenvalue weighted by Gasteiger charge is 2.25. The number of amides is 2. The summed E-state index contributed by atoms with van der Waals surface area (Å²) in [6, 6.07) is 6.69. The predicted octanol–water partition coefficient (Wildman–Crippen LogP) is 2.90. The third kappa shape index (κ3) is 3.33. The number of aromatic hydroxyl groups is 1. The number of ether oxygens (including phenoxy) is 2. The number of benzene rings is 1. The Labute approximate surface area is 163 Å². The fraction of sp³-hybridized carbons (Fsp3) is 0.150. The van der Waals surface area contributed by atoms with Crippen molar-refractivity contribution in [3.8, 4) is 23.0 Å². The van der Waals surface area contributed by atoms with Crippen molar-refractivity contribution in [3.05, 3.63) is 57.6 Å². The summed E-state index contributed by atoms with van der Waals surface area (Å²) in [5.41, 5.74) is 0.414. The van der Waals surface area contributed by atoms with Crippen molar-refractivity contribution < 1.29 is 33.0 Å². The number of hydrogen-bond acceptors (Lipinski definition) is 8. The molecule has 0 radical (unpaired) electrons. The molecule has 2 N–H and O–H groups in total. The number of rotatable bonds is 4. The van der Waals surface area contributed by atoms with Crippen LogP contribution in [0.5, 0.6) is 11.5 Å². The molecule has 1 aromatic carbocycles. The Morgan fingerprint density at radius 2 is 1.90 bits per heavy atom. The Kier molecular flexibility index (Phi) is 4.34. The predicted molar refractivity (Wildman–Crippen MR) is 99.5 cm³/mol. The van der Waals surface area contributed by atoms with Crippen LogP contribution in [0.15, 0.2) is 49.7 Å². The van der Waals surface area contributed by atoms with Gasteiger partial charge >= 0.3 is 11.7 Å². The molecule has 0 spiro atoms. The summed E-state index contributed by atoms with van der Waals surface area (Å²) in [6.07, 6.45) is 0.524. The van der Waals surface area contributed by atoms with Crippen LogP contribution in [0, 0.1) is 13.8 Å². The van der Waals surface area contributed by atoms with Gasteiger partial charge < -0.3 is 23.4 Å². The molecule has 0 bridgehead atoms. The average Bonchev–Trinajstić information content (AvgIpc) is 3.25. The van der Waals surface area contributed by atoms with Crippen LogP contribution in [-0.2, 0) is 9.53 Å².